The molecule has 0 bridgehead atoms. The van der Waals surface area contributed by atoms with E-state index in [1.54, 1.807) is 18.2 Å². The molecule has 0 saturated heterocycles. The normalized spacial score (nSPS) is 10.1. The lowest BCUT2D eigenvalue weighted by Gasteiger charge is -2.10. The summed E-state index contributed by atoms with van der Waals surface area (Å²) in [6.45, 7) is 0. The molecule has 8 heteroatoms. The van der Waals surface area contributed by atoms with Crippen molar-refractivity contribution >= 4 is 40.3 Å². The van der Waals surface area contributed by atoms with Crippen LogP contribution in [-0.2, 0) is 9.59 Å². The molecule has 0 amide bonds. The first-order valence-corrected chi connectivity index (χ1v) is 5.66. The van der Waals surface area contributed by atoms with E-state index in [0.29, 0.717) is 15.9 Å². The van der Waals surface area contributed by atoms with Gasteiger partial charge in [0.1, 0.15) is 12.1 Å². The number of halogens is 1. The van der Waals surface area contributed by atoms with Crippen molar-refractivity contribution < 1.29 is 19.8 Å². The maximum atomic E-state index is 10.6. The van der Waals surface area contributed by atoms with Crippen molar-refractivity contribution in [2.24, 2.45) is 0 Å². The fraction of sp³-hybridized carbons (Fsp3) is 0. The third-order valence-electron chi connectivity index (χ3n) is 2.39. The number of hydrogen-bond donors (Lipinski definition) is 1. The van der Waals surface area contributed by atoms with Gasteiger partial charge in [-0.05, 0) is 18.2 Å². The Morgan fingerprint density at radius 1 is 1.20 bits per heavy atom. The van der Waals surface area contributed by atoms with E-state index in [4.69, 9.17) is 11.6 Å². The molecule has 0 aliphatic heterocycles. The number of carboxylic acids is 2. The van der Waals surface area contributed by atoms with E-state index < -0.39 is 17.5 Å². The molecule has 20 heavy (non-hydrogen) atoms. The van der Waals surface area contributed by atoms with Gasteiger partial charge in [0.15, 0.2) is 0 Å². The molecule has 0 spiro atoms. The van der Waals surface area contributed by atoms with Crippen LogP contribution >= 0.6 is 11.6 Å². The number of anilines is 1. The Balaban J connectivity index is 2.44. The third-order valence-corrected chi connectivity index (χ3v) is 2.63. The summed E-state index contributed by atoms with van der Waals surface area (Å²) in [6.07, 6.45) is 1.97. The molecule has 0 saturated carbocycles. The summed E-state index contributed by atoms with van der Waals surface area (Å²) in [6, 6.07) is 4.84. The highest BCUT2D eigenvalue weighted by Crippen LogP contribution is 2.23. The molecule has 0 atom stereocenters. The van der Waals surface area contributed by atoms with Gasteiger partial charge in [-0.1, -0.05) is 11.6 Å². The fourth-order valence-electron chi connectivity index (χ4n) is 1.49. The zero-order chi connectivity index (χ0) is 14.7. The Labute approximate surface area is 117 Å². The van der Waals surface area contributed by atoms with Crippen LogP contribution in [0.5, 0.6) is 0 Å². The quantitative estimate of drug-likeness (QED) is 0.439. The number of aromatic nitrogens is 2. The number of rotatable bonds is 4. The van der Waals surface area contributed by atoms with E-state index in [0.717, 1.165) is 6.20 Å². The molecule has 102 valence electrons. The summed E-state index contributed by atoms with van der Waals surface area (Å²) in [5.74, 6) is -3.53. The molecule has 0 fully saturated rings. The maximum absolute atomic E-state index is 10.6. The number of carboxylic acid groups (broad SMARTS) is 2. The number of aliphatic carboxylic acids is 2. The second-order valence-electron chi connectivity index (χ2n) is 3.66. The summed E-state index contributed by atoms with van der Waals surface area (Å²) in [4.78, 5) is 29.1. The zero-order valence-corrected chi connectivity index (χ0v) is 10.5. The molecule has 7 nitrogen and oxygen atoms in total. The Morgan fingerprint density at radius 2 is 1.90 bits per heavy atom. The molecular weight excluding hydrogens is 286 g/mol. The van der Waals surface area contributed by atoms with Crippen molar-refractivity contribution in [2.45, 2.75) is 0 Å². The first-order chi connectivity index (χ1) is 9.49. The highest BCUT2D eigenvalue weighted by Gasteiger charge is 2.05. The van der Waals surface area contributed by atoms with Gasteiger partial charge >= 0.3 is 0 Å². The molecule has 0 radical (unpaired) electrons. The van der Waals surface area contributed by atoms with Crippen molar-refractivity contribution in [3.8, 4) is 0 Å². The van der Waals surface area contributed by atoms with Crippen LogP contribution in [-0.4, -0.2) is 21.9 Å². The highest BCUT2D eigenvalue weighted by atomic mass is 35.5. The summed E-state index contributed by atoms with van der Waals surface area (Å²) in [5, 5.41) is 24.6. The van der Waals surface area contributed by atoms with E-state index in [9.17, 15) is 19.8 Å². The van der Waals surface area contributed by atoms with E-state index in [1.807, 2.05) is 0 Å². The van der Waals surface area contributed by atoms with Crippen LogP contribution in [0.4, 0.5) is 5.82 Å². The lowest BCUT2D eigenvalue weighted by Crippen LogP contribution is -2.36. The van der Waals surface area contributed by atoms with Crippen molar-refractivity contribution in [1.82, 2.24) is 9.97 Å². The second-order valence-corrected chi connectivity index (χ2v) is 4.10. The SMILES string of the molecule is O=C([O-])C(=CNc1ncnc2ccc(Cl)cc12)C(=O)[O-]. The highest BCUT2D eigenvalue weighted by molar-refractivity contribution is 6.31. The molecule has 0 aliphatic rings. The molecule has 1 heterocycles. The molecule has 1 aromatic carbocycles. The number of carbonyl (C=O) groups is 2. The van der Waals surface area contributed by atoms with Crippen LogP contribution in [0.25, 0.3) is 10.9 Å². The minimum absolute atomic E-state index is 0.206. The van der Waals surface area contributed by atoms with Gasteiger partial charge in [-0.25, -0.2) is 9.97 Å². The lowest BCUT2D eigenvalue weighted by atomic mass is 10.2. The number of fused-ring (bicyclic) bond motifs is 1. The van der Waals surface area contributed by atoms with Gasteiger partial charge in [0.25, 0.3) is 0 Å². The van der Waals surface area contributed by atoms with Gasteiger partial charge in [0, 0.05) is 22.2 Å². The molecule has 1 N–H and O–H groups in total. The van der Waals surface area contributed by atoms with Gasteiger partial charge in [0.2, 0.25) is 0 Å². The Hall–Kier alpha value is -2.67. The van der Waals surface area contributed by atoms with E-state index in [-0.39, 0.29) is 5.82 Å². The summed E-state index contributed by atoms with van der Waals surface area (Å²) in [5.41, 5.74) is -0.470. The Morgan fingerprint density at radius 3 is 2.55 bits per heavy atom. The average Bonchev–Trinajstić information content (AvgIpc) is 2.38. The van der Waals surface area contributed by atoms with E-state index >= 15 is 0 Å². The fourth-order valence-corrected chi connectivity index (χ4v) is 1.66. The summed E-state index contributed by atoms with van der Waals surface area (Å²) >= 11 is 5.85. The van der Waals surface area contributed by atoms with Gasteiger partial charge < -0.3 is 25.1 Å². The molecule has 1 aromatic heterocycles. The van der Waals surface area contributed by atoms with Crippen LogP contribution < -0.4 is 15.5 Å². The van der Waals surface area contributed by atoms with E-state index in [2.05, 4.69) is 15.3 Å². The monoisotopic (exact) mass is 291 g/mol. The molecular formula is C12H6ClN3O4-2. The van der Waals surface area contributed by atoms with Crippen molar-refractivity contribution in [1.29, 1.82) is 0 Å². The van der Waals surface area contributed by atoms with Crippen molar-refractivity contribution in [2.75, 3.05) is 5.32 Å². The van der Waals surface area contributed by atoms with Crippen LogP contribution in [0.15, 0.2) is 36.3 Å². The Bertz CT molecular complexity index is 714. The van der Waals surface area contributed by atoms with Crippen LogP contribution in [0.2, 0.25) is 5.02 Å². The van der Waals surface area contributed by atoms with Gasteiger partial charge in [-0.3, -0.25) is 0 Å². The number of hydrogen-bond acceptors (Lipinski definition) is 7. The second kappa shape index (κ2) is 5.54. The lowest BCUT2D eigenvalue weighted by molar-refractivity contribution is -0.312. The van der Waals surface area contributed by atoms with Crippen LogP contribution in [0, 0.1) is 0 Å². The number of carbonyl (C=O) groups excluding carboxylic acids is 2. The van der Waals surface area contributed by atoms with Crippen LogP contribution in [0.3, 0.4) is 0 Å². The van der Waals surface area contributed by atoms with Crippen molar-refractivity contribution in [3.63, 3.8) is 0 Å². The predicted octanol–water partition coefficient (Wildman–Crippen LogP) is -0.921. The minimum atomic E-state index is -1.87. The third kappa shape index (κ3) is 2.83. The zero-order valence-electron chi connectivity index (χ0n) is 9.79. The molecule has 2 aromatic rings. The van der Waals surface area contributed by atoms with Crippen molar-refractivity contribution in [3.05, 3.63) is 41.3 Å². The van der Waals surface area contributed by atoms with Gasteiger partial charge in [0.05, 0.1) is 17.5 Å². The van der Waals surface area contributed by atoms with Gasteiger partial charge in [-0.15, -0.1) is 0 Å². The minimum Gasteiger partial charge on any atom is -0.545 e. The first kappa shape index (κ1) is 13.8. The first-order valence-electron chi connectivity index (χ1n) is 5.28. The van der Waals surface area contributed by atoms with E-state index in [1.165, 1.54) is 6.33 Å². The molecule has 0 unspecified atom stereocenters. The summed E-state index contributed by atoms with van der Waals surface area (Å²) in [7, 11) is 0. The van der Waals surface area contributed by atoms with Gasteiger partial charge in [-0.2, -0.15) is 0 Å². The molecule has 0 aliphatic carbocycles. The Kier molecular flexibility index (Phi) is 3.81. The number of benzene rings is 1. The smallest absolute Gasteiger partial charge is 0.141 e. The molecule has 2 rings (SSSR count). The number of nitrogens with one attached hydrogen (secondary N) is 1. The summed E-state index contributed by atoms with van der Waals surface area (Å²) < 4.78 is 0. The van der Waals surface area contributed by atoms with Crippen LogP contribution in [0.1, 0.15) is 0 Å². The number of nitrogens with zero attached hydrogens (tertiary/aromatic N) is 2. The maximum Gasteiger partial charge on any atom is 0.141 e. The average molecular weight is 292 g/mol. The predicted molar refractivity (Wildman–Crippen MR) is 66.3 cm³/mol. The largest absolute Gasteiger partial charge is 0.545 e. The standard InChI is InChI=1S/C12H8ClN3O4/c13-6-1-2-9-7(3-6)10(16-5-15-9)14-4-8(11(17)18)12(19)20/h1-5H,(H,17,18)(H,19,20)(H,14,15,16)/p-2. The topological polar surface area (TPSA) is 118 Å².